The zero-order chi connectivity index (χ0) is 10.7. The van der Waals surface area contributed by atoms with Gasteiger partial charge in [0.2, 0.25) is 5.91 Å². The smallest absolute Gasteiger partial charge is 0.239 e. The van der Waals surface area contributed by atoms with E-state index in [1.165, 1.54) is 11.1 Å². The Bertz CT molecular complexity index is 379. The van der Waals surface area contributed by atoms with Gasteiger partial charge in [0.1, 0.15) is 5.88 Å². The highest BCUT2D eigenvalue weighted by Crippen LogP contribution is 2.20. The molecular weight excluding hydrogens is 214 g/mol. The molecule has 2 rings (SSSR count). The lowest BCUT2D eigenvalue weighted by Crippen LogP contribution is -2.14. The number of nitrogens with one attached hydrogen (secondary N) is 1. The second kappa shape index (κ2) is 4.64. The molecule has 0 saturated heterocycles. The van der Waals surface area contributed by atoms with Gasteiger partial charge in [-0.3, -0.25) is 4.79 Å². The third-order valence-electron chi connectivity index (χ3n) is 2.38. The van der Waals surface area contributed by atoms with Crippen LogP contribution in [-0.2, 0) is 22.6 Å². The highest BCUT2D eigenvalue weighted by Gasteiger charge is 2.10. The van der Waals surface area contributed by atoms with Gasteiger partial charge in [-0.2, -0.15) is 0 Å². The molecule has 1 heterocycles. The summed E-state index contributed by atoms with van der Waals surface area (Å²) >= 11 is 5.41. The standard InChI is InChI=1S/C11H12ClNO2/c12-6-11(14)13-10-2-1-9-7-15-4-3-8(9)5-10/h1-2,5H,3-4,6-7H2,(H,13,14). The van der Waals surface area contributed by atoms with Crippen molar-refractivity contribution in [1.82, 2.24) is 0 Å². The SMILES string of the molecule is O=C(CCl)Nc1ccc2c(c1)CCOC2. The van der Waals surface area contributed by atoms with Gasteiger partial charge in [0.25, 0.3) is 0 Å². The summed E-state index contributed by atoms with van der Waals surface area (Å²) in [5.41, 5.74) is 3.25. The molecule has 4 heteroatoms. The van der Waals surface area contributed by atoms with Crippen molar-refractivity contribution in [3.63, 3.8) is 0 Å². The lowest BCUT2D eigenvalue weighted by molar-refractivity contribution is -0.113. The van der Waals surface area contributed by atoms with Crippen LogP contribution in [-0.4, -0.2) is 18.4 Å². The van der Waals surface area contributed by atoms with E-state index in [4.69, 9.17) is 16.3 Å². The summed E-state index contributed by atoms with van der Waals surface area (Å²) in [5, 5.41) is 2.73. The van der Waals surface area contributed by atoms with Gasteiger partial charge < -0.3 is 10.1 Å². The zero-order valence-electron chi connectivity index (χ0n) is 8.25. The molecule has 1 aromatic rings. The summed E-state index contributed by atoms with van der Waals surface area (Å²) in [6.45, 7) is 1.42. The predicted molar refractivity (Wildman–Crippen MR) is 59.2 cm³/mol. The van der Waals surface area contributed by atoms with Gasteiger partial charge >= 0.3 is 0 Å². The molecule has 1 aliphatic rings. The van der Waals surface area contributed by atoms with Crippen LogP contribution in [0.5, 0.6) is 0 Å². The van der Waals surface area contributed by atoms with Crippen LogP contribution >= 0.6 is 11.6 Å². The summed E-state index contributed by atoms with van der Waals surface area (Å²) in [5.74, 6) is -0.191. The molecule has 1 N–H and O–H groups in total. The number of amides is 1. The Morgan fingerprint density at radius 1 is 1.47 bits per heavy atom. The Labute approximate surface area is 93.4 Å². The third kappa shape index (κ3) is 2.49. The molecule has 0 saturated carbocycles. The van der Waals surface area contributed by atoms with E-state index in [1.807, 2.05) is 18.2 Å². The van der Waals surface area contributed by atoms with Crippen molar-refractivity contribution in [3.8, 4) is 0 Å². The maximum atomic E-state index is 11.1. The Kier molecular flexibility index (Phi) is 3.23. The molecule has 0 spiro atoms. The fourth-order valence-corrected chi connectivity index (χ4v) is 1.70. The first kappa shape index (κ1) is 10.5. The number of fused-ring (bicyclic) bond motifs is 1. The van der Waals surface area contributed by atoms with Crippen molar-refractivity contribution in [2.24, 2.45) is 0 Å². The van der Waals surface area contributed by atoms with Crippen molar-refractivity contribution < 1.29 is 9.53 Å². The molecule has 0 atom stereocenters. The first-order chi connectivity index (χ1) is 7.29. The predicted octanol–water partition coefficient (Wildman–Crippen LogP) is 1.94. The largest absolute Gasteiger partial charge is 0.376 e. The summed E-state index contributed by atoms with van der Waals surface area (Å²) in [4.78, 5) is 11.1. The molecule has 80 valence electrons. The van der Waals surface area contributed by atoms with Crippen LogP contribution in [0.3, 0.4) is 0 Å². The fraction of sp³-hybridized carbons (Fsp3) is 0.364. The van der Waals surface area contributed by atoms with Crippen molar-refractivity contribution >= 4 is 23.2 Å². The van der Waals surface area contributed by atoms with Crippen LogP contribution in [0.1, 0.15) is 11.1 Å². The minimum absolute atomic E-state index is 0.0137. The summed E-state index contributed by atoms with van der Waals surface area (Å²) in [7, 11) is 0. The Balaban J connectivity index is 2.17. The fourth-order valence-electron chi connectivity index (χ4n) is 1.64. The first-order valence-electron chi connectivity index (χ1n) is 4.85. The number of hydrogen-bond donors (Lipinski definition) is 1. The van der Waals surface area contributed by atoms with E-state index in [9.17, 15) is 4.79 Å². The lowest BCUT2D eigenvalue weighted by Gasteiger charge is -2.17. The minimum atomic E-state index is -0.177. The number of ether oxygens (including phenoxy) is 1. The van der Waals surface area contributed by atoms with Crippen LogP contribution in [0, 0.1) is 0 Å². The molecular formula is C11H12ClNO2. The Hall–Kier alpha value is -1.06. The molecule has 0 aromatic heterocycles. The van der Waals surface area contributed by atoms with E-state index >= 15 is 0 Å². The minimum Gasteiger partial charge on any atom is -0.376 e. The average molecular weight is 226 g/mol. The van der Waals surface area contributed by atoms with Gasteiger partial charge in [0, 0.05) is 5.69 Å². The highest BCUT2D eigenvalue weighted by molar-refractivity contribution is 6.29. The van der Waals surface area contributed by atoms with Crippen LogP contribution in [0.4, 0.5) is 5.69 Å². The van der Waals surface area contributed by atoms with Crippen molar-refractivity contribution in [2.75, 3.05) is 17.8 Å². The second-order valence-electron chi connectivity index (χ2n) is 3.47. The van der Waals surface area contributed by atoms with E-state index < -0.39 is 0 Å². The Morgan fingerprint density at radius 2 is 2.33 bits per heavy atom. The summed E-state index contributed by atoms with van der Waals surface area (Å²) < 4.78 is 5.33. The molecule has 1 aliphatic heterocycles. The van der Waals surface area contributed by atoms with Gasteiger partial charge in [-0.25, -0.2) is 0 Å². The summed E-state index contributed by atoms with van der Waals surface area (Å²) in [6, 6.07) is 5.85. The lowest BCUT2D eigenvalue weighted by atomic mass is 10.0. The van der Waals surface area contributed by atoms with Crippen LogP contribution in [0.2, 0.25) is 0 Å². The van der Waals surface area contributed by atoms with Crippen molar-refractivity contribution in [3.05, 3.63) is 29.3 Å². The molecule has 0 fully saturated rings. The molecule has 0 radical (unpaired) electrons. The van der Waals surface area contributed by atoms with E-state index in [1.54, 1.807) is 0 Å². The van der Waals surface area contributed by atoms with Gasteiger partial charge in [-0.15, -0.1) is 11.6 Å². The topological polar surface area (TPSA) is 38.3 Å². The molecule has 1 aromatic carbocycles. The average Bonchev–Trinajstić information content (AvgIpc) is 2.29. The maximum absolute atomic E-state index is 11.1. The number of halogens is 1. The van der Waals surface area contributed by atoms with Gasteiger partial charge in [-0.1, -0.05) is 6.07 Å². The van der Waals surface area contributed by atoms with Gasteiger partial charge in [0.15, 0.2) is 0 Å². The van der Waals surface area contributed by atoms with E-state index in [2.05, 4.69) is 5.32 Å². The molecule has 1 amide bonds. The monoisotopic (exact) mass is 225 g/mol. The number of carbonyl (C=O) groups is 1. The number of rotatable bonds is 2. The number of anilines is 1. The number of carbonyl (C=O) groups excluding carboxylic acids is 1. The molecule has 3 nitrogen and oxygen atoms in total. The molecule has 0 aliphatic carbocycles. The van der Waals surface area contributed by atoms with Crippen molar-refractivity contribution in [1.29, 1.82) is 0 Å². The van der Waals surface area contributed by atoms with E-state index in [0.29, 0.717) is 6.61 Å². The van der Waals surface area contributed by atoms with Crippen LogP contribution in [0.15, 0.2) is 18.2 Å². The quantitative estimate of drug-likeness (QED) is 0.782. The zero-order valence-corrected chi connectivity index (χ0v) is 9.01. The molecule has 15 heavy (non-hydrogen) atoms. The van der Waals surface area contributed by atoms with Gasteiger partial charge in [0.05, 0.1) is 13.2 Å². The second-order valence-corrected chi connectivity index (χ2v) is 3.74. The Morgan fingerprint density at radius 3 is 3.13 bits per heavy atom. The normalized spacial score (nSPS) is 14.5. The third-order valence-corrected chi connectivity index (χ3v) is 2.63. The van der Waals surface area contributed by atoms with Crippen LogP contribution < -0.4 is 5.32 Å². The molecule has 0 unspecified atom stereocenters. The van der Waals surface area contributed by atoms with Crippen LogP contribution in [0.25, 0.3) is 0 Å². The summed E-state index contributed by atoms with van der Waals surface area (Å²) in [6.07, 6.45) is 0.903. The van der Waals surface area contributed by atoms with Gasteiger partial charge in [-0.05, 0) is 29.7 Å². The first-order valence-corrected chi connectivity index (χ1v) is 5.38. The number of alkyl halides is 1. The molecule has 0 bridgehead atoms. The maximum Gasteiger partial charge on any atom is 0.239 e. The number of hydrogen-bond acceptors (Lipinski definition) is 2. The van der Waals surface area contributed by atoms with E-state index in [-0.39, 0.29) is 11.8 Å². The van der Waals surface area contributed by atoms with Crippen molar-refractivity contribution in [2.45, 2.75) is 13.0 Å². The van der Waals surface area contributed by atoms with E-state index in [0.717, 1.165) is 18.7 Å². The number of benzene rings is 1. The highest BCUT2D eigenvalue weighted by atomic mass is 35.5.